The quantitative estimate of drug-likeness (QED) is 0.301. The van der Waals surface area contributed by atoms with Crippen LogP contribution in [0, 0.1) is 41.4 Å². The van der Waals surface area contributed by atoms with Gasteiger partial charge in [0.15, 0.2) is 6.17 Å². The zero-order chi connectivity index (χ0) is 24.9. The van der Waals surface area contributed by atoms with Crippen LogP contribution in [0.2, 0.25) is 0 Å². The Morgan fingerprint density at radius 3 is 1.63 bits per heavy atom. The molecule has 4 fully saturated rings. The van der Waals surface area contributed by atoms with E-state index in [2.05, 4.69) is 6.92 Å². The van der Waals surface area contributed by atoms with E-state index in [9.17, 15) is 8.78 Å². The molecule has 0 amide bonds. The molecule has 0 aromatic rings. The van der Waals surface area contributed by atoms with E-state index >= 15 is 8.78 Å². The Bertz CT molecular complexity index is 615. The molecular formula is C30H50F4O. The minimum absolute atomic E-state index is 0.0793. The minimum Gasteiger partial charge on any atom is -0.375 e. The second kappa shape index (κ2) is 13.0. The van der Waals surface area contributed by atoms with Gasteiger partial charge < -0.3 is 4.74 Å². The number of hydrogen-bond donors (Lipinski definition) is 0. The Morgan fingerprint density at radius 1 is 0.571 bits per heavy atom. The van der Waals surface area contributed by atoms with Crippen LogP contribution in [0.5, 0.6) is 0 Å². The average molecular weight is 503 g/mol. The van der Waals surface area contributed by atoms with Gasteiger partial charge in [-0.15, -0.1) is 0 Å². The molecule has 0 radical (unpaired) electrons. The van der Waals surface area contributed by atoms with Gasteiger partial charge in [0.2, 0.25) is 0 Å². The van der Waals surface area contributed by atoms with Gasteiger partial charge in [0.25, 0.3) is 0 Å². The maximum absolute atomic E-state index is 15.4. The van der Waals surface area contributed by atoms with Crippen molar-refractivity contribution in [3.8, 4) is 0 Å². The summed E-state index contributed by atoms with van der Waals surface area (Å²) in [4.78, 5) is 0. The van der Waals surface area contributed by atoms with Crippen molar-refractivity contribution < 1.29 is 22.3 Å². The van der Waals surface area contributed by atoms with E-state index in [-0.39, 0.29) is 23.7 Å². The van der Waals surface area contributed by atoms with E-state index in [1.807, 2.05) is 6.92 Å². The Labute approximate surface area is 211 Å². The molecule has 0 aromatic heterocycles. The zero-order valence-electron chi connectivity index (χ0n) is 22.2. The first-order chi connectivity index (χ1) is 16.9. The van der Waals surface area contributed by atoms with Crippen LogP contribution in [0.4, 0.5) is 17.6 Å². The monoisotopic (exact) mass is 502 g/mol. The molecule has 0 heterocycles. The molecule has 0 saturated heterocycles. The third-order valence-electron chi connectivity index (χ3n) is 10.6. The topological polar surface area (TPSA) is 9.23 Å². The van der Waals surface area contributed by atoms with E-state index in [4.69, 9.17) is 4.74 Å². The van der Waals surface area contributed by atoms with Crippen molar-refractivity contribution >= 4 is 0 Å². The lowest BCUT2D eigenvalue weighted by Crippen LogP contribution is -2.45. The van der Waals surface area contributed by atoms with Crippen molar-refractivity contribution in [3.05, 3.63) is 0 Å². The molecule has 4 rings (SSSR count). The summed E-state index contributed by atoms with van der Waals surface area (Å²) in [6.07, 6.45) is 8.22. The van der Waals surface area contributed by atoms with E-state index < -0.39 is 30.8 Å². The zero-order valence-corrected chi connectivity index (χ0v) is 22.2. The number of hydrogen-bond acceptors (Lipinski definition) is 1. The standard InChI is InChI=1S/C30H50F4O/c1-3-5-19-6-10-22(11-7-19)24-15-16-25(29(33)28(24)32)23-12-8-20(9-13-23)18-35-26-17-14-21(4-2)27(31)30(26)34/h19-30H,3-18H2,1-2H3. The van der Waals surface area contributed by atoms with Gasteiger partial charge in [-0.2, -0.15) is 0 Å². The van der Waals surface area contributed by atoms with Crippen LogP contribution in [0.15, 0.2) is 0 Å². The highest BCUT2D eigenvalue weighted by Crippen LogP contribution is 2.48. The SMILES string of the molecule is CCCC1CCC(C2CCC(C3CCC(COC4CCC(CC)C(F)C4F)CC3)C(F)C2F)CC1. The van der Waals surface area contributed by atoms with Gasteiger partial charge in [-0.05, 0) is 106 Å². The largest absolute Gasteiger partial charge is 0.375 e. The van der Waals surface area contributed by atoms with Crippen molar-refractivity contribution in [2.45, 2.75) is 141 Å². The van der Waals surface area contributed by atoms with E-state index in [1.54, 1.807) is 0 Å². The first-order valence-corrected chi connectivity index (χ1v) is 15.1. The summed E-state index contributed by atoms with van der Waals surface area (Å²) in [6.45, 7) is 4.62. The molecule has 0 spiro atoms. The molecule has 0 bridgehead atoms. The Morgan fingerprint density at radius 2 is 1.11 bits per heavy atom. The van der Waals surface area contributed by atoms with Crippen LogP contribution in [-0.4, -0.2) is 37.4 Å². The molecule has 0 N–H and O–H groups in total. The van der Waals surface area contributed by atoms with Crippen LogP contribution in [0.25, 0.3) is 0 Å². The molecule has 1 nitrogen and oxygen atoms in total. The second-order valence-corrected chi connectivity index (χ2v) is 12.7. The fourth-order valence-corrected chi connectivity index (χ4v) is 8.29. The number of halogens is 4. The number of alkyl halides is 4. The van der Waals surface area contributed by atoms with Gasteiger partial charge in [-0.25, -0.2) is 17.6 Å². The van der Waals surface area contributed by atoms with E-state index in [0.717, 1.165) is 57.3 Å². The van der Waals surface area contributed by atoms with Crippen LogP contribution in [0.1, 0.15) is 110 Å². The van der Waals surface area contributed by atoms with Gasteiger partial charge in [0, 0.05) is 6.61 Å². The van der Waals surface area contributed by atoms with Gasteiger partial charge in [-0.1, -0.05) is 46.0 Å². The second-order valence-electron chi connectivity index (χ2n) is 12.7. The normalized spacial score (nSPS) is 47.5. The molecule has 8 unspecified atom stereocenters. The summed E-state index contributed by atoms with van der Waals surface area (Å²) < 4.78 is 65.3. The van der Waals surface area contributed by atoms with Gasteiger partial charge in [0.05, 0.1) is 6.10 Å². The molecule has 35 heavy (non-hydrogen) atoms. The maximum Gasteiger partial charge on any atom is 0.157 e. The van der Waals surface area contributed by atoms with Crippen LogP contribution in [0.3, 0.4) is 0 Å². The van der Waals surface area contributed by atoms with Gasteiger partial charge in [-0.3, -0.25) is 0 Å². The highest BCUT2D eigenvalue weighted by molar-refractivity contribution is 4.95. The summed E-state index contributed by atoms with van der Waals surface area (Å²) in [5, 5.41) is 0. The third-order valence-corrected chi connectivity index (χ3v) is 10.6. The summed E-state index contributed by atoms with van der Waals surface area (Å²) in [6, 6.07) is 0. The number of rotatable bonds is 8. The van der Waals surface area contributed by atoms with Gasteiger partial charge >= 0.3 is 0 Å². The predicted molar refractivity (Wildman–Crippen MR) is 134 cm³/mol. The Kier molecular flexibility index (Phi) is 10.3. The van der Waals surface area contributed by atoms with Crippen molar-refractivity contribution in [2.24, 2.45) is 41.4 Å². The predicted octanol–water partition coefficient (Wildman–Crippen LogP) is 8.98. The lowest BCUT2D eigenvalue weighted by Gasteiger charge is -2.45. The maximum atomic E-state index is 15.4. The highest BCUT2D eigenvalue weighted by Gasteiger charge is 2.47. The number of ether oxygens (including phenoxy) is 1. The Hall–Kier alpha value is -0.320. The molecule has 4 saturated carbocycles. The lowest BCUT2D eigenvalue weighted by atomic mass is 9.63. The lowest BCUT2D eigenvalue weighted by molar-refractivity contribution is -0.0887. The summed E-state index contributed by atoms with van der Waals surface area (Å²) in [5.74, 6) is 1.35. The average Bonchev–Trinajstić information content (AvgIpc) is 2.88. The molecule has 5 heteroatoms. The van der Waals surface area contributed by atoms with Crippen molar-refractivity contribution in [3.63, 3.8) is 0 Å². The van der Waals surface area contributed by atoms with Crippen LogP contribution in [-0.2, 0) is 4.74 Å². The van der Waals surface area contributed by atoms with Crippen molar-refractivity contribution in [1.82, 2.24) is 0 Å². The smallest absolute Gasteiger partial charge is 0.157 e. The summed E-state index contributed by atoms with van der Waals surface area (Å²) >= 11 is 0. The molecule has 8 atom stereocenters. The third kappa shape index (κ3) is 6.58. The van der Waals surface area contributed by atoms with E-state index in [0.29, 0.717) is 37.7 Å². The van der Waals surface area contributed by atoms with Gasteiger partial charge in [0.1, 0.15) is 18.5 Å². The van der Waals surface area contributed by atoms with E-state index in [1.165, 1.54) is 25.7 Å². The first-order valence-electron chi connectivity index (χ1n) is 15.1. The van der Waals surface area contributed by atoms with Crippen molar-refractivity contribution in [1.29, 1.82) is 0 Å². The summed E-state index contributed by atoms with van der Waals surface area (Å²) in [5.41, 5.74) is 0. The minimum atomic E-state index is -1.52. The molecule has 204 valence electrons. The van der Waals surface area contributed by atoms with Crippen molar-refractivity contribution in [2.75, 3.05) is 6.61 Å². The van der Waals surface area contributed by atoms with Crippen LogP contribution < -0.4 is 0 Å². The molecule has 4 aliphatic rings. The Balaban J connectivity index is 1.19. The molecule has 0 aliphatic heterocycles. The fraction of sp³-hybridized carbons (Fsp3) is 1.00. The molecular weight excluding hydrogens is 452 g/mol. The molecule has 0 aromatic carbocycles. The van der Waals surface area contributed by atoms with Crippen LogP contribution >= 0.6 is 0 Å². The summed E-state index contributed by atoms with van der Waals surface area (Å²) in [7, 11) is 0. The highest BCUT2D eigenvalue weighted by atomic mass is 19.2. The molecule has 4 aliphatic carbocycles. The first kappa shape index (κ1) is 27.7. The fourth-order valence-electron chi connectivity index (χ4n) is 8.29.